The van der Waals surface area contributed by atoms with E-state index in [1.54, 1.807) is 4.57 Å². The third-order valence-corrected chi connectivity index (χ3v) is 6.16. The first-order valence-electron chi connectivity index (χ1n) is 8.68. The van der Waals surface area contributed by atoms with Gasteiger partial charge in [0.2, 0.25) is 0 Å². The number of hydrogen-bond donors (Lipinski definition) is 0. The molecule has 1 fully saturated rings. The van der Waals surface area contributed by atoms with Crippen LogP contribution in [0.4, 0.5) is 13.2 Å². The van der Waals surface area contributed by atoms with Crippen LogP contribution >= 0.6 is 0 Å². The molecule has 1 aliphatic heterocycles. The highest BCUT2D eigenvalue weighted by atomic mass is 32.2. The minimum atomic E-state index is -4.59. The highest BCUT2D eigenvalue weighted by Crippen LogP contribution is 2.28. The van der Waals surface area contributed by atoms with Crippen LogP contribution in [0.15, 0.2) is 29.8 Å². The number of halogens is 3. The molecule has 8 nitrogen and oxygen atoms in total. The smallest absolute Gasteiger partial charge is 0.433 e. The van der Waals surface area contributed by atoms with Gasteiger partial charge in [-0.05, 0) is 32.8 Å². The number of piperidine rings is 1. The second kappa shape index (κ2) is 7.66. The predicted molar refractivity (Wildman–Crippen MR) is 92.1 cm³/mol. The Hall–Kier alpha value is -2.21. The predicted octanol–water partition coefficient (Wildman–Crippen LogP) is 2.50. The zero-order valence-electron chi connectivity index (χ0n) is 15.3. The van der Waals surface area contributed by atoms with Crippen molar-refractivity contribution < 1.29 is 26.3 Å². The summed E-state index contributed by atoms with van der Waals surface area (Å²) in [5.74, 6) is 0. The Bertz CT molecular complexity index is 922. The summed E-state index contributed by atoms with van der Waals surface area (Å²) in [7, 11) is -3.73. The van der Waals surface area contributed by atoms with Crippen LogP contribution in [-0.2, 0) is 16.2 Å². The van der Waals surface area contributed by atoms with Gasteiger partial charge in [0.25, 0.3) is 10.0 Å². The summed E-state index contributed by atoms with van der Waals surface area (Å²) in [5, 5.41) is -0.0261. The zero-order chi connectivity index (χ0) is 20.5. The molecule has 2 aromatic rings. The Kier molecular flexibility index (Phi) is 5.62. The lowest BCUT2D eigenvalue weighted by Gasteiger charge is -2.30. The van der Waals surface area contributed by atoms with Crippen molar-refractivity contribution in [1.29, 1.82) is 0 Å². The lowest BCUT2D eigenvalue weighted by molar-refractivity contribution is -0.141. The molecule has 0 bridgehead atoms. The first-order valence-corrected chi connectivity index (χ1v) is 10.1. The van der Waals surface area contributed by atoms with Gasteiger partial charge in [-0.1, -0.05) is 0 Å². The number of alkyl halides is 3. The lowest BCUT2D eigenvalue weighted by atomic mass is 10.1. The molecule has 3 heterocycles. The molecule has 0 atom stereocenters. The van der Waals surface area contributed by atoms with Crippen LogP contribution in [-0.4, -0.2) is 51.4 Å². The minimum absolute atomic E-state index is 0.0261. The molecule has 0 unspecified atom stereocenters. The van der Waals surface area contributed by atoms with Crippen molar-refractivity contribution in [3.05, 3.63) is 30.5 Å². The van der Waals surface area contributed by atoms with Gasteiger partial charge >= 0.3 is 12.2 Å². The van der Waals surface area contributed by atoms with Gasteiger partial charge in [-0.3, -0.25) is 0 Å². The zero-order valence-corrected chi connectivity index (χ0v) is 16.1. The third-order valence-electron chi connectivity index (χ3n) is 4.38. The van der Waals surface area contributed by atoms with E-state index < -0.39 is 28.0 Å². The maximum Gasteiger partial charge on any atom is 0.433 e. The fraction of sp³-hybridized carbons (Fsp3) is 0.562. The number of hydrogen-bond acceptors (Lipinski definition) is 6. The maximum absolute atomic E-state index is 12.7. The number of rotatable bonds is 5. The van der Waals surface area contributed by atoms with Crippen LogP contribution in [0.25, 0.3) is 0 Å². The van der Waals surface area contributed by atoms with Gasteiger partial charge < -0.3 is 9.30 Å². The van der Waals surface area contributed by atoms with Crippen LogP contribution in [0, 0.1) is 0 Å². The standard InChI is InChI=1S/C16H20F3N5O3S/c1-11(2)23-9-14(21-10-23)28(25,26)24-7-4-12(5-8-24)27-15-20-6-3-13(22-15)16(17,18)19/h3,6,9-12H,4-5,7-8H2,1-2H3. The molecule has 0 spiro atoms. The Morgan fingerprint density at radius 2 is 1.89 bits per heavy atom. The van der Waals surface area contributed by atoms with Gasteiger partial charge in [0.1, 0.15) is 6.10 Å². The van der Waals surface area contributed by atoms with E-state index in [4.69, 9.17) is 4.74 Å². The molecule has 2 aromatic heterocycles. The SMILES string of the molecule is CC(C)n1cnc(S(=O)(=O)N2CCC(Oc3nccc(C(F)(F)F)n3)CC2)c1. The molecule has 0 N–H and O–H groups in total. The van der Waals surface area contributed by atoms with Crippen molar-refractivity contribution in [2.24, 2.45) is 0 Å². The molecule has 1 aliphatic rings. The molecule has 0 radical (unpaired) electrons. The fourth-order valence-electron chi connectivity index (χ4n) is 2.76. The number of imidazole rings is 1. The van der Waals surface area contributed by atoms with Crippen molar-refractivity contribution in [3.8, 4) is 6.01 Å². The van der Waals surface area contributed by atoms with Crippen molar-refractivity contribution in [3.63, 3.8) is 0 Å². The Morgan fingerprint density at radius 3 is 2.46 bits per heavy atom. The summed E-state index contributed by atoms with van der Waals surface area (Å²) in [6, 6.07) is 0.480. The van der Waals surface area contributed by atoms with Gasteiger partial charge in [-0.25, -0.2) is 18.4 Å². The Labute approximate surface area is 160 Å². The van der Waals surface area contributed by atoms with Gasteiger partial charge in [0.15, 0.2) is 10.7 Å². The van der Waals surface area contributed by atoms with E-state index in [2.05, 4.69) is 15.0 Å². The average Bonchev–Trinajstić information content (AvgIpc) is 3.13. The maximum atomic E-state index is 12.7. The van der Waals surface area contributed by atoms with Crippen LogP contribution in [0.5, 0.6) is 6.01 Å². The van der Waals surface area contributed by atoms with E-state index in [0.29, 0.717) is 12.8 Å². The number of aromatic nitrogens is 4. The van der Waals surface area contributed by atoms with Gasteiger partial charge in [0, 0.05) is 31.5 Å². The van der Waals surface area contributed by atoms with E-state index in [1.165, 1.54) is 16.8 Å². The third kappa shape index (κ3) is 4.43. The highest BCUT2D eigenvalue weighted by molar-refractivity contribution is 7.89. The molecular formula is C16H20F3N5O3S. The molecule has 3 rings (SSSR count). The fourth-order valence-corrected chi connectivity index (χ4v) is 4.15. The molecule has 0 amide bonds. The van der Waals surface area contributed by atoms with Gasteiger partial charge in [-0.2, -0.15) is 22.5 Å². The molecule has 1 saturated heterocycles. The average molecular weight is 419 g/mol. The minimum Gasteiger partial charge on any atom is -0.460 e. The quantitative estimate of drug-likeness (QED) is 0.740. The molecule has 0 aliphatic carbocycles. The van der Waals surface area contributed by atoms with Crippen LogP contribution in [0.3, 0.4) is 0 Å². The normalized spacial score (nSPS) is 17.2. The Morgan fingerprint density at radius 1 is 1.21 bits per heavy atom. The lowest BCUT2D eigenvalue weighted by Crippen LogP contribution is -2.42. The summed E-state index contributed by atoms with van der Waals surface area (Å²) in [4.78, 5) is 11.1. The first-order chi connectivity index (χ1) is 13.1. The number of ether oxygens (including phenoxy) is 1. The second-order valence-corrected chi connectivity index (χ2v) is 8.58. The molecule has 28 heavy (non-hydrogen) atoms. The van der Waals surface area contributed by atoms with E-state index in [9.17, 15) is 21.6 Å². The monoisotopic (exact) mass is 419 g/mol. The summed E-state index contributed by atoms with van der Waals surface area (Å²) in [6.45, 7) is 4.16. The summed E-state index contributed by atoms with van der Waals surface area (Å²) >= 11 is 0. The van der Waals surface area contributed by atoms with E-state index in [0.717, 1.165) is 12.3 Å². The first kappa shape index (κ1) is 20.5. The summed E-state index contributed by atoms with van der Waals surface area (Å²) in [6.07, 6.45) is -0.498. The molecular weight excluding hydrogens is 399 g/mol. The van der Waals surface area contributed by atoms with Crippen molar-refractivity contribution >= 4 is 10.0 Å². The van der Waals surface area contributed by atoms with E-state index >= 15 is 0 Å². The van der Waals surface area contributed by atoms with Crippen LogP contribution in [0.2, 0.25) is 0 Å². The van der Waals surface area contributed by atoms with E-state index in [1.807, 2.05) is 13.8 Å². The van der Waals surface area contributed by atoms with Crippen molar-refractivity contribution in [2.75, 3.05) is 13.1 Å². The number of nitrogens with zero attached hydrogens (tertiary/aromatic N) is 5. The molecule has 12 heteroatoms. The van der Waals surface area contributed by atoms with Crippen LogP contribution in [0.1, 0.15) is 38.4 Å². The van der Waals surface area contributed by atoms with Crippen molar-refractivity contribution in [2.45, 2.75) is 50.0 Å². The second-order valence-electron chi connectivity index (χ2n) is 6.70. The summed E-state index contributed by atoms with van der Waals surface area (Å²) in [5.41, 5.74) is -1.08. The van der Waals surface area contributed by atoms with E-state index in [-0.39, 0.29) is 30.2 Å². The molecule has 0 aromatic carbocycles. The van der Waals surface area contributed by atoms with Gasteiger partial charge in [-0.15, -0.1) is 0 Å². The summed E-state index contributed by atoms with van der Waals surface area (Å²) < 4.78 is 72.0. The topological polar surface area (TPSA) is 90.2 Å². The van der Waals surface area contributed by atoms with Gasteiger partial charge in [0.05, 0.1) is 6.33 Å². The van der Waals surface area contributed by atoms with Crippen molar-refractivity contribution in [1.82, 2.24) is 23.8 Å². The number of sulfonamides is 1. The highest BCUT2D eigenvalue weighted by Gasteiger charge is 2.34. The largest absolute Gasteiger partial charge is 0.460 e. The molecule has 154 valence electrons. The molecule has 0 saturated carbocycles. The Balaban J connectivity index is 1.63. The van der Waals surface area contributed by atoms with Crippen LogP contribution < -0.4 is 4.74 Å².